The van der Waals surface area contributed by atoms with Gasteiger partial charge in [0.25, 0.3) is 0 Å². The van der Waals surface area contributed by atoms with E-state index in [4.69, 9.17) is 4.74 Å². The normalized spacial score (nSPS) is 13.4. The molecule has 22 heavy (non-hydrogen) atoms. The highest BCUT2D eigenvalue weighted by atomic mass is 32.1. The number of ether oxygens (including phenoxy) is 1. The van der Waals surface area contributed by atoms with Crippen molar-refractivity contribution in [2.75, 3.05) is 18.1 Å². The zero-order valence-corrected chi connectivity index (χ0v) is 13.2. The minimum atomic E-state index is -0.0145. The van der Waals surface area contributed by atoms with Gasteiger partial charge in [0.05, 0.1) is 12.2 Å². The highest BCUT2D eigenvalue weighted by Gasteiger charge is 2.24. The average molecular weight is 315 g/mol. The number of benzene rings is 1. The molecule has 0 spiro atoms. The van der Waals surface area contributed by atoms with E-state index in [1.807, 2.05) is 17.5 Å². The lowest BCUT2D eigenvalue weighted by atomic mass is 10.1. The Kier molecular flexibility index (Phi) is 4.24. The van der Waals surface area contributed by atoms with Crippen molar-refractivity contribution in [2.24, 2.45) is 0 Å². The Morgan fingerprint density at radius 3 is 2.91 bits per heavy atom. The van der Waals surface area contributed by atoms with Gasteiger partial charge in [-0.3, -0.25) is 9.59 Å². The van der Waals surface area contributed by atoms with Gasteiger partial charge in [0.1, 0.15) is 12.4 Å². The number of rotatable bonds is 4. The summed E-state index contributed by atoms with van der Waals surface area (Å²) in [6.07, 6.45) is 1.21. The molecule has 0 saturated carbocycles. The molecule has 0 fully saturated rings. The molecule has 1 aliphatic rings. The molecule has 0 aliphatic carbocycles. The van der Waals surface area contributed by atoms with Gasteiger partial charge in [-0.1, -0.05) is 6.07 Å². The van der Waals surface area contributed by atoms with E-state index in [9.17, 15) is 9.59 Å². The van der Waals surface area contributed by atoms with E-state index in [0.29, 0.717) is 36.6 Å². The van der Waals surface area contributed by atoms with Gasteiger partial charge in [-0.2, -0.15) is 0 Å². The first-order valence-corrected chi connectivity index (χ1v) is 8.13. The fraction of sp³-hybridized carbons (Fsp3) is 0.294. The standard InChI is InChI=1S/C17H17NO3S/c1-12(19)13-4-6-16-15(11-13)18(8-9-21-16)17(20)7-5-14-3-2-10-22-14/h2-4,6,10-11H,5,7-9H2,1H3. The fourth-order valence-corrected chi connectivity index (χ4v) is 3.22. The third-order valence-electron chi connectivity index (χ3n) is 3.70. The van der Waals surface area contributed by atoms with E-state index < -0.39 is 0 Å². The molecule has 5 heteroatoms. The maximum atomic E-state index is 12.5. The second kappa shape index (κ2) is 6.32. The smallest absolute Gasteiger partial charge is 0.227 e. The number of amides is 1. The molecule has 2 heterocycles. The van der Waals surface area contributed by atoms with Crippen molar-refractivity contribution in [1.29, 1.82) is 0 Å². The quantitative estimate of drug-likeness (QED) is 0.813. The number of ketones is 1. The maximum Gasteiger partial charge on any atom is 0.227 e. The van der Waals surface area contributed by atoms with E-state index in [2.05, 4.69) is 0 Å². The number of anilines is 1. The zero-order chi connectivity index (χ0) is 15.5. The Balaban J connectivity index is 1.79. The SMILES string of the molecule is CC(=O)c1ccc2c(c1)N(C(=O)CCc1cccs1)CCO2. The van der Waals surface area contributed by atoms with E-state index in [1.54, 1.807) is 34.4 Å². The van der Waals surface area contributed by atoms with Crippen LogP contribution in [0.3, 0.4) is 0 Å². The molecule has 1 aliphatic heterocycles. The Hall–Kier alpha value is -2.14. The molecule has 0 N–H and O–H groups in total. The number of hydrogen-bond acceptors (Lipinski definition) is 4. The van der Waals surface area contributed by atoms with E-state index in [1.165, 1.54) is 11.8 Å². The Bertz CT molecular complexity index is 694. The summed E-state index contributed by atoms with van der Waals surface area (Å²) in [5.74, 6) is 0.721. The second-order valence-electron chi connectivity index (χ2n) is 5.21. The van der Waals surface area contributed by atoms with Crippen LogP contribution in [0.25, 0.3) is 0 Å². The molecule has 0 bridgehead atoms. The lowest BCUT2D eigenvalue weighted by Gasteiger charge is -2.30. The van der Waals surface area contributed by atoms with Crippen molar-refractivity contribution in [1.82, 2.24) is 0 Å². The lowest BCUT2D eigenvalue weighted by molar-refractivity contribution is -0.118. The van der Waals surface area contributed by atoms with E-state index in [-0.39, 0.29) is 11.7 Å². The molecule has 1 aromatic heterocycles. The fourth-order valence-electron chi connectivity index (χ4n) is 2.52. The van der Waals surface area contributed by atoms with Gasteiger partial charge in [-0.25, -0.2) is 0 Å². The maximum absolute atomic E-state index is 12.5. The number of Topliss-reactive ketones (excluding diaryl/α,β-unsaturated/α-hetero) is 1. The van der Waals surface area contributed by atoms with Crippen LogP contribution < -0.4 is 9.64 Å². The van der Waals surface area contributed by atoms with Crippen molar-refractivity contribution >= 4 is 28.7 Å². The van der Waals surface area contributed by atoms with Gasteiger partial charge in [-0.05, 0) is 43.0 Å². The number of thiophene rings is 1. The van der Waals surface area contributed by atoms with Crippen molar-refractivity contribution in [3.05, 3.63) is 46.2 Å². The summed E-state index contributed by atoms with van der Waals surface area (Å²) in [5.41, 5.74) is 1.30. The third kappa shape index (κ3) is 3.04. The molecule has 0 saturated heterocycles. The largest absolute Gasteiger partial charge is 0.490 e. The molecular formula is C17H17NO3S. The van der Waals surface area contributed by atoms with Crippen LogP contribution in [0.2, 0.25) is 0 Å². The molecule has 0 atom stereocenters. The highest BCUT2D eigenvalue weighted by molar-refractivity contribution is 7.09. The van der Waals surface area contributed by atoms with Crippen LogP contribution in [0.15, 0.2) is 35.7 Å². The van der Waals surface area contributed by atoms with Crippen LogP contribution in [-0.4, -0.2) is 24.8 Å². The minimum Gasteiger partial charge on any atom is -0.490 e. The van der Waals surface area contributed by atoms with Crippen molar-refractivity contribution in [3.8, 4) is 5.75 Å². The summed E-state index contributed by atoms with van der Waals surface area (Å²) < 4.78 is 5.59. The summed E-state index contributed by atoms with van der Waals surface area (Å²) in [6.45, 7) is 2.53. The summed E-state index contributed by atoms with van der Waals surface area (Å²) in [7, 11) is 0. The number of hydrogen-bond donors (Lipinski definition) is 0. The predicted molar refractivity (Wildman–Crippen MR) is 86.9 cm³/mol. The van der Waals surface area contributed by atoms with Crippen molar-refractivity contribution in [2.45, 2.75) is 19.8 Å². The molecule has 3 rings (SSSR count). The monoisotopic (exact) mass is 315 g/mol. The summed E-state index contributed by atoms with van der Waals surface area (Å²) in [6, 6.07) is 9.29. The molecular weight excluding hydrogens is 298 g/mol. The number of nitrogens with zero attached hydrogens (tertiary/aromatic N) is 1. The Morgan fingerprint density at radius 2 is 2.18 bits per heavy atom. The molecule has 1 aromatic carbocycles. The van der Waals surface area contributed by atoms with Gasteiger partial charge in [-0.15, -0.1) is 11.3 Å². The van der Waals surface area contributed by atoms with Crippen LogP contribution in [-0.2, 0) is 11.2 Å². The van der Waals surface area contributed by atoms with Crippen LogP contribution >= 0.6 is 11.3 Å². The molecule has 114 valence electrons. The lowest BCUT2D eigenvalue weighted by Crippen LogP contribution is -2.38. The average Bonchev–Trinajstić information content (AvgIpc) is 3.04. The highest BCUT2D eigenvalue weighted by Crippen LogP contribution is 2.33. The molecule has 4 nitrogen and oxygen atoms in total. The molecule has 2 aromatic rings. The van der Waals surface area contributed by atoms with Gasteiger partial charge in [0.2, 0.25) is 5.91 Å². The number of aryl methyl sites for hydroxylation is 1. The van der Waals surface area contributed by atoms with Gasteiger partial charge in [0, 0.05) is 16.9 Å². The topological polar surface area (TPSA) is 46.6 Å². The van der Waals surface area contributed by atoms with Gasteiger partial charge < -0.3 is 9.64 Å². The van der Waals surface area contributed by atoms with Crippen LogP contribution in [0, 0.1) is 0 Å². The van der Waals surface area contributed by atoms with Crippen LogP contribution in [0.4, 0.5) is 5.69 Å². The summed E-state index contributed by atoms with van der Waals surface area (Å²) in [4.78, 5) is 27.0. The van der Waals surface area contributed by atoms with E-state index >= 15 is 0 Å². The van der Waals surface area contributed by atoms with E-state index in [0.717, 1.165) is 6.42 Å². The summed E-state index contributed by atoms with van der Waals surface area (Å²) in [5, 5.41) is 2.02. The van der Waals surface area contributed by atoms with Crippen LogP contribution in [0.5, 0.6) is 5.75 Å². The first kappa shape index (κ1) is 14.8. The molecule has 0 radical (unpaired) electrons. The van der Waals surface area contributed by atoms with Crippen molar-refractivity contribution < 1.29 is 14.3 Å². The van der Waals surface area contributed by atoms with Gasteiger partial charge >= 0.3 is 0 Å². The number of fused-ring (bicyclic) bond motifs is 1. The Morgan fingerprint density at radius 1 is 1.32 bits per heavy atom. The van der Waals surface area contributed by atoms with Crippen LogP contribution in [0.1, 0.15) is 28.6 Å². The molecule has 0 unspecified atom stereocenters. The minimum absolute atomic E-state index is 0.0145. The van der Waals surface area contributed by atoms with Crippen molar-refractivity contribution in [3.63, 3.8) is 0 Å². The first-order valence-electron chi connectivity index (χ1n) is 7.25. The van der Waals surface area contributed by atoms with Gasteiger partial charge in [0.15, 0.2) is 5.78 Å². The number of carbonyl (C=O) groups excluding carboxylic acids is 2. The summed E-state index contributed by atoms with van der Waals surface area (Å²) >= 11 is 1.66. The number of carbonyl (C=O) groups is 2. The first-order chi connectivity index (χ1) is 10.6. The predicted octanol–water partition coefficient (Wildman–Crippen LogP) is 3.31. The molecule has 1 amide bonds. The zero-order valence-electron chi connectivity index (χ0n) is 12.4. The third-order valence-corrected chi connectivity index (χ3v) is 4.63. The second-order valence-corrected chi connectivity index (χ2v) is 6.24. The Labute approximate surface area is 133 Å².